The van der Waals surface area contributed by atoms with Gasteiger partial charge in [-0.3, -0.25) is 9.52 Å². The largest absolute Gasteiger partial charge is 0.478 e. The molecule has 2 N–H and O–H groups in total. The molecule has 1 heterocycles. The Morgan fingerprint density at radius 3 is 2.62 bits per heavy atom. The van der Waals surface area contributed by atoms with Crippen LogP contribution >= 0.6 is 0 Å². The van der Waals surface area contributed by atoms with Crippen LogP contribution in [0.5, 0.6) is 0 Å². The van der Waals surface area contributed by atoms with Gasteiger partial charge in [0.05, 0.1) is 16.1 Å². The van der Waals surface area contributed by atoms with E-state index in [-0.39, 0.29) is 16.4 Å². The van der Waals surface area contributed by atoms with Crippen LogP contribution in [0.25, 0.3) is 0 Å². The van der Waals surface area contributed by atoms with Crippen LogP contribution in [0.2, 0.25) is 0 Å². The van der Waals surface area contributed by atoms with E-state index in [0.29, 0.717) is 29.9 Å². The molecule has 0 radical (unpaired) electrons. The Morgan fingerprint density at radius 2 is 1.96 bits per heavy atom. The molecule has 1 amide bonds. The number of carboxylic acid groups (broad SMARTS) is 1. The van der Waals surface area contributed by atoms with Gasteiger partial charge in [0.1, 0.15) is 0 Å². The van der Waals surface area contributed by atoms with Gasteiger partial charge in [-0.05, 0) is 49.2 Å². The molecule has 136 valence electrons. The number of anilines is 2. The summed E-state index contributed by atoms with van der Waals surface area (Å²) in [6, 6.07) is 10.5. The maximum atomic E-state index is 12.6. The number of hydrogen-bond acceptors (Lipinski definition) is 4. The third-order valence-corrected chi connectivity index (χ3v) is 5.61. The predicted octanol–water partition coefficient (Wildman–Crippen LogP) is 2.62. The van der Waals surface area contributed by atoms with Crippen LogP contribution in [-0.2, 0) is 14.8 Å². The summed E-state index contributed by atoms with van der Waals surface area (Å²) in [4.78, 5) is 24.6. The second-order valence-electron chi connectivity index (χ2n) is 6.09. The van der Waals surface area contributed by atoms with Crippen molar-refractivity contribution in [1.82, 2.24) is 0 Å². The van der Waals surface area contributed by atoms with Crippen LogP contribution in [0, 0.1) is 6.92 Å². The van der Waals surface area contributed by atoms with E-state index in [4.69, 9.17) is 0 Å². The molecule has 0 bridgehead atoms. The topological polar surface area (TPSA) is 104 Å². The number of carbonyl (C=O) groups is 2. The van der Waals surface area contributed by atoms with Gasteiger partial charge in [0.25, 0.3) is 10.0 Å². The molecule has 1 saturated heterocycles. The maximum absolute atomic E-state index is 12.6. The van der Waals surface area contributed by atoms with Gasteiger partial charge in [-0.2, -0.15) is 0 Å². The molecule has 2 aromatic carbocycles. The molecule has 1 fully saturated rings. The molecule has 0 spiro atoms. The second-order valence-corrected chi connectivity index (χ2v) is 7.77. The third-order valence-electron chi connectivity index (χ3n) is 4.23. The van der Waals surface area contributed by atoms with Gasteiger partial charge in [0.15, 0.2) is 0 Å². The molecule has 1 aliphatic heterocycles. The van der Waals surface area contributed by atoms with Gasteiger partial charge < -0.3 is 10.0 Å². The van der Waals surface area contributed by atoms with E-state index in [0.717, 1.165) is 12.5 Å². The molecule has 26 heavy (non-hydrogen) atoms. The summed E-state index contributed by atoms with van der Waals surface area (Å²) in [5, 5.41) is 9.18. The van der Waals surface area contributed by atoms with E-state index in [1.807, 2.05) is 0 Å². The Bertz CT molecular complexity index is 985. The van der Waals surface area contributed by atoms with Crippen molar-refractivity contribution in [2.75, 3.05) is 16.2 Å². The lowest BCUT2D eigenvalue weighted by Crippen LogP contribution is -2.23. The number of sulfonamides is 1. The van der Waals surface area contributed by atoms with Gasteiger partial charge in [-0.25, -0.2) is 13.2 Å². The number of nitrogens with one attached hydrogen (secondary N) is 1. The average Bonchev–Trinajstić information content (AvgIpc) is 3.00. The molecule has 0 unspecified atom stereocenters. The monoisotopic (exact) mass is 374 g/mol. The molecule has 7 nitrogen and oxygen atoms in total. The van der Waals surface area contributed by atoms with Crippen molar-refractivity contribution in [2.45, 2.75) is 24.7 Å². The van der Waals surface area contributed by atoms with Crippen molar-refractivity contribution >= 4 is 33.3 Å². The number of aryl methyl sites for hydroxylation is 1. The average molecular weight is 374 g/mol. The Kier molecular flexibility index (Phi) is 4.69. The standard InChI is InChI=1S/C18H18N2O5S/c1-12-7-8-15(11-16(12)18(22)23)26(24,25)19-13-4-2-5-14(10-13)20-9-3-6-17(20)21/h2,4-5,7-8,10-11,19H,3,6,9H2,1H3,(H,22,23). The molecule has 0 aromatic heterocycles. The first-order chi connectivity index (χ1) is 12.3. The summed E-state index contributed by atoms with van der Waals surface area (Å²) in [5.74, 6) is -1.18. The zero-order valence-electron chi connectivity index (χ0n) is 14.1. The molecule has 2 aromatic rings. The molecule has 8 heteroatoms. The molecule has 0 atom stereocenters. The van der Waals surface area contributed by atoms with E-state index in [9.17, 15) is 23.1 Å². The lowest BCUT2D eigenvalue weighted by Gasteiger charge is -2.17. The SMILES string of the molecule is Cc1ccc(S(=O)(=O)Nc2cccc(N3CCCC3=O)c2)cc1C(=O)O. The second kappa shape index (κ2) is 6.80. The molecular formula is C18H18N2O5S. The summed E-state index contributed by atoms with van der Waals surface area (Å²) >= 11 is 0. The van der Waals surface area contributed by atoms with Crippen LogP contribution < -0.4 is 9.62 Å². The van der Waals surface area contributed by atoms with Crippen LogP contribution in [0.15, 0.2) is 47.4 Å². The zero-order chi connectivity index (χ0) is 18.9. The quantitative estimate of drug-likeness (QED) is 0.837. The highest BCUT2D eigenvalue weighted by Gasteiger charge is 2.23. The normalized spacial score (nSPS) is 14.5. The number of carboxylic acids is 1. The number of amides is 1. The molecular weight excluding hydrogens is 356 g/mol. The van der Waals surface area contributed by atoms with Crippen LogP contribution in [0.1, 0.15) is 28.8 Å². The number of aromatic carboxylic acids is 1. The lowest BCUT2D eigenvalue weighted by atomic mass is 10.1. The Labute approximate surface area is 151 Å². The molecule has 3 rings (SSSR count). The number of nitrogens with zero attached hydrogens (tertiary/aromatic N) is 1. The Morgan fingerprint density at radius 1 is 1.19 bits per heavy atom. The molecule has 0 aliphatic carbocycles. The van der Waals surface area contributed by atoms with Gasteiger partial charge in [0.2, 0.25) is 5.91 Å². The number of hydrogen-bond donors (Lipinski definition) is 2. The highest BCUT2D eigenvalue weighted by atomic mass is 32.2. The summed E-state index contributed by atoms with van der Waals surface area (Å²) in [6.07, 6.45) is 1.26. The maximum Gasteiger partial charge on any atom is 0.335 e. The highest BCUT2D eigenvalue weighted by Crippen LogP contribution is 2.26. The smallest absolute Gasteiger partial charge is 0.335 e. The minimum atomic E-state index is -3.96. The van der Waals surface area contributed by atoms with Crippen molar-refractivity contribution < 1.29 is 23.1 Å². The minimum Gasteiger partial charge on any atom is -0.478 e. The van der Waals surface area contributed by atoms with Crippen molar-refractivity contribution in [2.24, 2.45) is 0 Å². The van der Waals surface area contributed by atoms with Gasteiger partial charge >= 0.3 is 5.97 Å². The summed E-state index contributed by atoms with van der Waals surface area (Å²) in [5.41, 5.74) is 1.35. The Hall–Kier alpha value is -2.87. The first kappa shape index (κ1) is 17.9. The van der Waals surface area contributed by atoms with Gasteiger partial charge in [-0.1, -0.05) is 12.1 Å². The van der Waals surface area contributed by atoms with Crippen LogP contribution in [-0.4, -0.2) is 31.9 Å². The number of benzene rings is 2. The van der Waals surface area contributed by atoms with Crippen molar-refractivity contribution in [3.05, 3.63) is 53.6 Å². The highest BCUT2D eigenvalue weighted by molar-refractivity contribution is 7.92. The van der Waals surface area contributed by atoms with Crippen LogP contribution in [0.4, 0.5) is 11.4 Å². The summed E-state index contributed by atoms with van der Waals surface area (Å²) < 4.78 is 27.6. The van der Waals surface area contributed by atoms with Crippen molar-refractivity contribution in [3.8, 4) is 0 Å². The molecule has 1 aliphatic rings. The van der Waals surface area contributed by atoms with Crippen molar-refractivity contribution in [3.63, 3.8) is 0 Å². The lowest BCUT2D eigenvalue weighted by molar-refractivity contribution is -0.117. The fraction of sp³-hybridized carbons (Fsp3) is 0.222. The fourth-order valence-electron chi connectivity index (χ4n) is 2.87. The van der Waals surface area contributed by atoms with E-state index in [1.54, 1.807) is 36.1 Å². The first-order valence-electron chi connectivity index (χ1n) is 8.05. The van der Waals surface area contributed by atoms with Gasteiger partial charge in [0, 0.05) is 18.7 Å². The third kappa shape index (κ3) is 3.55. The Balaban J connectivity index is 1.89. The number of carbonyl (C=O) groups excluding carboxylic acids is 1. The van der Waals surface area contributed by atoms with Crippen molar-refractivity contribution in [1.29, 1.82) is 0 Å². The number of rotatable bonds is 5. The van der Waals surface area contributed by atoms with E-state index < -0.39 is 16.0 Å². The van der Waals surface area contributed by atoms with E-state index >= 15 is 0 Å². The predicted molar refractivity (Wildman–Crippen MR) is 97.0 cm³/mol. The minimum absolute atomic E-state index is 0.00893. The fourth-order valence-corrected chi connectivity index (χ4v) is 3.95. The first-order valence-corrected chi connectivity index (χ1v) is 9.53. The van der Waals surface area contributed by atoms with Gasteiger partial charge in [-0.15, -0.1) is 0 Å². The van der Waals surface area contributed by atoms with E-state index in [2.05, 4.69) is 4.72 Å². The molecule has 0 saturated carbocycles. The zero-order valence-corrected chi connectivity index (χ0v) is 14.9. The van der Waals surface area contributed by atoms with E-state index in [1.165, 1.54) is 12.1 Å². The summed E-state index contributed by atoms with van der Waals surface area (Å²) in [7, 11) is -3.96. The summed E-state index contributed by atoms with van der Waals surface area (Å²) in [6.45, 7) is 2.21. The van der Waals surface area contributed by atoms with Crippen LogP contribution in [0.3, 0.4) is 0 Å².